The van der Waals surface area contributed by atoms with Crippen LogP contribution in [0.3, 0.4) is 0 Å². The molecule has 0 radical (unpaired) electrons. The van der Waals surface area contributed by atoms with E-state index in [2.05, 4.69) is 30.9 Å². The van der Waals surface area contributed by atoms with E-state index in [4.69, 9.17) is 9.47 Å². The summed E-state index contributed by atoms with van der Waals surface area (Å²) in [6.07, 6.45) is 1.35. The fourth-order valence-electron chi connectivity index (χ4n) is 5.62. The van der Waals surface area contributed by atoms with Crippen molar-refractivity contribution in [1.82, 2.24) is 4.90 Å². The third kappa shape index (κ3) is 5.15. The molecule has 2 aliphatic rings. The second kappa shape index (κ2) is 10.6. The van der Waals surface area contributed by atoms with E-state index in [1.165, 1.54) is 12.1 Å². The molecule has 0 N–H and O–H groups in total. The molecule has 5 rings (SSSR count). The molecule has 0 aromatic heterocycles. The summed E-state index contributed by atoms with van der Waals surface area (Å²) in [6.45, 7) is 11.1. The number of hydrogen-bond donors (Lipinski definition) is 0. The van der Waals surface area contributed by atoms with Gasteiger partial charge in [-0.1, -0.05) is 30.3 Å². The monoisotopic (exact) mass is 529 g/mol. The van der Waals surface area contributed by atoms with E-state index in [0.717, 1.165) is 51.4 Å². The van der Waals surface area contributed by atoms with Gasteiger partial charge in [0.15, 0.2) is 5.60 Å². The first kappa shape index (κ1) is 26.5. The molecule has 1 amide bonds. The number of anilines is 1. The SMILES string of the molecule is Cc1c(C)c2c(c(C)c1OCc1ccccc1)CCC(C)(C(=O)N1CCN(c3ccc([N+](=O)[O-])cc3)CC1)O2. The second-order valence-electron chi connectivity index (χ2n) is 10.7. The molecule has 3 aromatic rings. The second-order valence-corrected chi connectivity index (χ2v) is 10.7. The predicted molar refractivity (Wildman–Crippen MR) is 151 cm³/mol. The number of ether oxygens (including phenoxy) is 2. The molecule has 2 aliphatic heterocycles. The molecule has 2 heterocycles. The van der Waals surface area contributed by atoms with Crippen LogP contribution in [0.1, 0.15) is 41.2 Å². The van der Waals surface area contributed by atoms with Crippen molar-refractivity contribution in [3.05, 3.63) is 92.5 Å². The lowest BCUT2D eigenvalue weighted by Crippen LogP contribution is -2.57. The molecule has 8 heteroatoms. The highest BCUT2D eigenvalue weighted by Gasteiger charge is 2.43. The van der Waals surface area contributed by atoms with E-state index < -0.39 is 10.5 Å². The third-order valence-electron chi connectivity index (χ3n) is 8.16. The minimum Gasteiger partial charge on any atom is -0.488 e. The van der Waals surface area contributed by atoms with Crippen molar-refractivity contribution in [2.45, 2.75) is 52.7 Å². The zero-order valence-electron chi connectivity index (χ0n) is 23.0. The summed E-state index contributed by atoms with van der Waals surface area (Å²) in [6, 6.07) is 16.7. The van der Waals surface area contributed by atoms with Gasteiger partial charge in [0.25, 0.3) is 11.6 Å². The highest BCUT2D eigenvalue weighted by atomic mass is 16.6. The van der Waals surface area contributed by atoms with Crippen LogP contribution in [0, 0.1) is 30.9 Å². The molecule has 1 fully saturated rings. The van der Waals surface area contributed by atoms with Gasteiger partial charge < -0.3 is 19.3 Å². The molecule has 39 heavy (non-hydrogen) atoms. The van der Waals surface area contributed by atoms with Crippen LogP contribution in [0.15, 0.2) is 54.6 Å². The molecule has 0 aliphatic carbocycles. The number of nitro groups is 1. The summed E-state index contributed by atoms with van der Waals surface area (Å²) in [4.78, 5) is 28.3. The standard InChI is InChI=1S/C31H35N3O5/c1-21-22(2)29-27(23(3)28(21)38-20-24-8-6-5-7-9-24)14-15-31(4,39-29)30(35)33-18-16-32(17-19-33)25-10-12-26(13-11-25)34(36)37/h5-13H,14-20H2,1-4H3. The zero-order valence-corrected chi connectivity index (χ0v) is 23.0. The van der Waals surface area contributed by atoms with Crippen molar-refractivity contribution in [3.63, 3.8) is 0 Å². The lowest BCUT2D eigenvalue weighted by Gasteiger charge is -2.42. The minimum atomic E-state index is -0.932. The number of amides is 1. The Kier molecular flexibility index (Phi) is 7.21. The van der Waals surface area contributed by atoms with Crippen LogP contribution in [0.25, 0.3) is 0 Å². The molecule has 1 atom stereocenters. The van der Waals surface area contributed by atoms with Crippen molar-refractivity contribution in [2.24, 2.45) is 0 Å². The van der Waals surface area contributed by atoms with Gasteiger partial charge >= 0.3 is 0 Å². The number of piperazine rings is 1. The van der Waals surface area contributed by atoms with Gasteiger partial charge in [-0.15, -0.1) is 0 Å². The quantitative estimate of drug-likeness (QED) is 0.308. The average Bonchev–Trinajstić information content (AvgIpc) is 2.96. The van der Waals surface area contributed by atoms with Gasteiger partial charge in [-0.3, -0.25) is 14.9 Å². The molecule has 0 bridgehead atoms. The molecule has 3 aromatic carbocycles. The maximum atomic E-state index is 13.7. The minimum absolute atomic E-state index is 0.00982. The Morgan fingerprint density at radius 1 is 0.974 bits per heavy atom. The van der Waals surface area contributed by atoms with Crippen LogP contribution >= 0.6 is 0 Å². The van der Waals surface area contributed by atoms with Crippen LogP contribution in [-0.2, 0) is 17.8 Å². The Morgan fingerprint density at radius 3 is 2.28 bits per heavy atom. The van der Waals surface area contributed by atoms with E-state index in [-0.39, 0.29) is 11.6 Å². The number of carbonyl (C=O) groups excluding carboxylic acids is 1. The Labute approximate surface area is 229 Å². The predicted octanol–water partition coefficient (Wildman–Crippen LogP) is 5.53. The Balaban J connectivity index is 1.27. The van der Waals surface area contributed by atoms with Crippen LogP contribution in [0.2, 0.25) is 0 Å². The van der Waals surface area contributed by atoms with Crippen LogP contribution in [-0.4, -0.2) is 47.5 Å². The number of non-ortho nitro benzene ring substituents is 1. The molecule has 1 saturated heterocycles. The number of nitrogens with zero attached hydrogens (tertiary/aromatic N) is 3. The average molecular weight is 530 g/mol. The first-order chi connectivity index (χ1) is 18.7. The van der Waals surface area contributed by atoms with Gasteiger partial charge in [-0.25, -0.2) is 0 Å². The summed E-state index contributed by atoms with van der Waals surface area (Å²) < 4.78 is 12.9. The Morgan fingerprint density at radius 2 is 1.64 bits per heavy atom. The van der Waals surface area contributed by atoms with Crippen LogP contribution in [0.4, 0.5) is 11.4 Å². The van der Waals surface area contributed by atoms with Gasteiger partial charge in [0.2, 0.25) is 0 Å². The first-order valence-corrected chi connectivity index (χ1v) is 13.4. The Hall–Kier alpha value is -4.07. The van der Waals surface area contributed by atoms with E-state index in [1.54, 1.807) is 12.1 Å². The lowest BCUT2D eigenvalue weighted by molar-refractivity contribution is -0.384. The van der Waals surface area contributed by atoms with Gasteiger partial charge in [-0.05, 0) is 68.5 Å². The molecule has 0 saturated carbocycles. The van der Waals surface area contributed by atoms with Gasteiger partial charge in [0.05, 0.1) is 4.92 Å². The van der Waals surface area contributed by atoms with Crippen molar-refractivity contribution in [1.29, 1.82) is 0 Å². The first-order valence-electron chi connectivity index (χ1n) is 13.4. The zero-order chi connectivity index (χ0) is 27.7. The van der Waals surface area contributed by atoms with E-state index in [0.29, 0.717) is 39.2 Å². The van der Waals surface area contributed by atoms with Crippen molar-refractivity contribution in [2.75, 3.05) is 31.1 Å². The molecule has 204 valence electrons. The summed E-state index contributed by atoms with van der Waals surface area (Å²) in [5.41, 5.74) is 5.44. The maximum absolute atomic E-state index is 13.7. The molecule has 1 unspecified atom stereocenters. The summed E-state index contributed by atoms with van der Waals surface area (Å²) in [5, 5.41) is 11.0. The molecular formula is C31H35N3O5. The summed E-state index contributed by atoms with van der Waals surface area (Å²) in [5.74, 6) is 1.72. The van der Waals surface area contributed by atoms with Gasteiger partial charge in [0, 0.05) is 56.0 Å². The van der Waals surface area contributed by atoms with E-state index in [1.807, 2.05) is 36.9 Å². The van der Waals surface area contributed by atoms with Gasteiger partial charge in [-0.2, -0.15) is 0 Å². The van der Waals surface area contributed by atoms with Gasteiger partial charge in [0.1, 0.15) is 18.1 Å². The van der Waals surface area contributed by atoms with Crippen molar-refractivity contribution < 1.29 is 19.2 Å². The highest BCUT2D eigenvalue weighted by molar-refractivity contribution is 5.86. The molecular weight excluding hydrogens is 494 g/mol. The highest BCUT2D eigenvalue weighted by Crippen LogP contribution is 2.44. The third-order valence-corrected chi connectivity index (χ3v) is 8.16. The summed E-state index contributed by atoms with van der Waals surface area (Å²) in [7, 11) is 0. The molecule has 8 nitrogen and oxygen atoms in total. The fraction of sp³-hybridized carbons (Fsp3) is 0.387. The van der Waals surface area contributed by atoms with E-state index in [9.17, 15) is 14.9 Å². The topological polar surface area (TPSA) is 85.2 Å². The fourth-order valence-corrected chi connectivity index (χ4v) is 5.62. The van der Waals surface area contributed by atoms with Crippen LogP contribution in [0.5, 0.6) is 11.5 Å². The number of fused-ring (bicyclic) bond motifs is 1. The number of benzene rings is 3. The number of rotatable bonds is 6. The maximum Gasteiger partial charge on any atom is 0.269 e. The lowest BCUT2D eigenvalue weighted by atomic mass is 9.86. The van der Waals surface area contributed by atoms with Crippen LogP contribution < -0.4 is 14.4 Å². The smallest absolute Gasteiger partial charge is 0.269 e. The van der Waals surface area contributed by atoms with Crippen molar-refractivity contribution >= 4 is 17.3 Å². The number of carbonyl (C=O) groups is 1. The van der Waals surface area contributed by atoms with Crippen molar-refractivity contribution in [3.8, 4) is 11.5 Å². The van der Waals surface area contributed by atoms with E-state index >= 15 is 0 Å². The number of nitro benzene ring substituents is 1. The largest absolute Gasteiger partial charge is 0.488 e. The summed E-state index contributed by atoms with van der Waals surface area (Å²) >= 11 is 0. The molecule has 0 spiro atoms. The number of hydrogen-bond acceptors (Lipinski definition) is 6. The Bertz CT molecular complexity index is 1380. The normalized spacial score (nSPS) is 18.8.